The van der Waals surface area contributed by atoms with Crippen LogP contribution in [0, 0.1) is 0 Å². The third-order valence-electron chi connectivity index (χ3n) is 1.95. The molecule has 0 saturated heterocycles. The summed E-state index contributed by atoms with van der Waals surface area (Å²) in [6.45, 7) is 2.61. The quantitative estimate of drug-likeness (QED) is 0.690. The monoisotopic (exact) mass is 188 g/mol. The number of aromatic nitrogens is 3. The minimum atomic E-state index is 0.550. The van der Waals surface area contributed by atoms with E-state index in [4.69, 9.17) is 0 Å². The molecule has 0 fully saturated rings. The van der Waals surface area contributed by atoms with Crippen LogP contribution in [0.25, 0.3) is 11.0 Å². The summed E-state index contributed by atoms with van der Waals surface area (Å²) < 4.78 is 1.79. The molecule has 0 N–H and O–H groups in total. The van der Waals surface area contributed by atoms with Gasteiger partial charge in [0.1, 0.15) is 12.2 Å². The average molecular weight is 188 g/mol. The van der Waals surface area contributed by atoms with Gasteiger partial charge in [0, 0.05) is 6.21 Å². The highest BCUT2D eigenvalue weighted by Gasteiger charge is 2.00. The van der Waals surface area contributed by atoms with Gasteiger partial charge >= 0.3 is 0 Å². The van der Waals surface area contributed by atoms with Crippen molar-refractivity contribution in [3.63, 3.8) is 0 Å². The largest absolute Gasteiger partial charge is 0.274 e. The van der Waals surface area contributed by atoms with Crippen LogP contribution in [-0.4, -0.2) is 21.2 Å². The zero-order valence-corrected chi connectivity index (χ0v) is 8.09. The number of para-hydroxylation sites is 1. The Kier molecular flexibility index (Phi) is 2.53. The third kappa shape index (κ3) is 1.64. The van der Waals surface area contributed by atoms with Gasteiger partial charge in [-0.3, -0.25) is 4.99 Å². The number of aliphatic imine (C=N–C) groups is 1. The van der Waals surface area contributed by atoms with Crippen LogP contribution < -0.4 is 0 Å². The van der Waals surface area contributed by atoms with Crippen LogP contribution in [0.5, 0.6) is 0 Å². The lowest BCUT2D eigenvalue weighted by molar-refractivity contribution is 0.630. The lowest BCUT2D eigenvalue weighted by Crippen LogP contribution is -1.97. The maximum atomic E-state index is 4.22. The van der Waals surface area contributed by atoms with Crippen molar-refractivity contribution in [3.05, 3.63) is 24.3 Å². The summed E-state index contributed by atoms with van der Waals surface area (Å²) in [4.78, 5) is 4.22. The van der Waals surface area contributed by atoms with Gasteiger partial charge in [0.05, 0.1) is 5.52 Å². The molecule has 4 nitrogen and oxygen atoms in total. The molecule has 1 aromatic carbocycles. The predicted octanol–water partition coefficient (Wildman–Crippen LogP) is 1.87. The number of fused-ring (bicyclic) bond motifs is 1. The minimum absolute atomic E-state index is 0.550. The second kappa shape index (κ2) is 4.00. The molecule has 0 aliphatic rings. The Labute approximate surface area is 82.3 Å². The van der Waals surface area contributed by atoms with Crippen molar-refractivity contribution < 1.29 is 0 Å². The summed E-state index contributed by atoms with van der Waals surface area (Å²) >= 11 is 0. The molecular weight excluding hydrogens is 176 g/mol. The smallest absolute Gasteiger partial charge is 0.133 e. The molecule has 2 rings (SSSR count). The van der Waals surface area contributed by atoms with Gasteiger partial charge < -0.3 is 0 Å². The van der Waals surface area contributed by atoms with Crippen molar-refractivity contribution in [1.82, 2.24) is 15.0 Å². The van der Waals surface area contributed by atoms with Crippen LogP contribution in [-0.2, 0) is 6.67 Å². The number of rotatable bonds is 3. The van der Waals surface area contributed by atoms with Gasteiger partial charge in [-0.1, -0.05) is 24.3 Å². The molecule has 2 aromatic rings. The zero-order chi connectivity index (χ0) is 9.80. The first kappa shape index (κ1) is 8.87. The minimum Gasteiger partial charge on any atom is -0.274 e. The predicted molar refractivity (Wildman–Crippen MR) is 56.3 cm³/mol. The normalized spacial score (nSPS) is 11.5. The molecule has 4 heteroatoms. The first-order valence-electron chi connectivity index (χ1n) is 4.68. The molecule has 0 aliphatic heterocycles. The maximum absolute atomic E-state index is 4.22. The van der Waals surface area contributed by atoms with Crippen molar-refractivity contribution in [2.75, 3.05) is 0 Å². The second-order valence-electron chi connectivity index (χ2n) is 2.99. The molecule has 14 heavy (non-hydrogen) atoms. The lowest BCUT2D eigenvalue weighted by atomic mass is 10.3. The van der Waals surface area contributed by atoms with Crippen molar-refractivity contribution in [2.24, 2.45) is 4.99 Å². The van der Waals surface area contributed by atoms with Gasteiger partial charge in [-0.25, -0.2) is 4.68 Å². The summed E-state index contributed by atoms with van der Waals surface area (Å²) in [6, 6.07) is 7.88. The van der Waals surface area contributed by atoms with Gasteiger partial charge in [-0.2, -0.15) is 0 Å². The van der Waals surface area contributed by atoms with Crippen LogP contribution in [0.2, 0.25) is 0 Å². The first-order chi connectivity index (χ1) is 6.92. The Morgan fingerprint density at radius 2 is 2.29 bits per heavy atom. The van der Waals surface area contributed by atoms with E-state index < -0.39 is 0 Å². The van der Waals surface area contributed by atoms with Gasteiger partial charge in [-0.15, -0.1) is 5.10 Å². The molecule has 0 radical (unpaired) electrons. The Bertz CT molecular complexity index is 444. The van der Waals surface area contributed by atoms with Gasteiger partial charge in [-0.05, 0) is 18.6 Å². The van der Waals surface area contributed by atoms with Crippen LogP contribution in [0.3, 0.4) is 0 Å². The highest BCUT2D eigenvalue weighted by Crippen LogP contribution is 2.09. The fourth-order valence-electron chi connectivity index (χ4n) is 1.29. The number of nitrogens with zero attached hydrogens (tertiary/aromatic N) is 4. The van der Waals surface area contributed by atoms with Crippen LogP contribution in [0.15, 0.2) is 29.3 Å². The molecule has 1 aromatic heterocycles. The molecule has 72 valence electrons. The average Bonchev–Trinajstić information content (AvgIpc) is 2.63. The van der Waals surface area contributed by atoms with E-state index in [-0.39, 0.29) is 0 Å². The van der Waals surface area contributed by atoms with E-state index in [2.05, 4.69) is 22.2 Å². The third-order valence-corrected chi connectivity index (χ3v) is 1.95. The van der Waals surface area contributed by atoms with E-state index in [0.717, 1.165) is 17.5 Å². The van der Waals surface area contributed by atoms with E-state index in [1.54, 1.807) is 4.68 Å². The van der Waals surface area contributed by atoms with Gasteiger partial charge in [0.25, 0.3) is 0 Å². The molecule has 1 heterocycles. The summed E-state index contributed by atoms with van der Waals surface area (Å²) in [6.07, 6.45) is 2.84. The fraction of sp³-hybridized carbons (Fsp3) is 0.300. The maximum Gasteiger partial charge on any atom is 0.133 e. The molecule has 0 aliphatic carbocycles. The van der Waals surface area contributed by atoms with E-state index in [0.29, 0.717) is 6.67 Å². The summed E-state index contributed by atoms with van der Waals surface area (Å²) in [5.41, 5.74) is 1.94. The summed E-state index contributed by atoms with van der Waals surface area (Å²) in [7, 11) is 0. The van der Waals surface area contributed by atoms with Gasteiger partial charge in [0.2, 0.25) is 0 Å². The van der Waals surface area contributed by atoms with Gasteiger partial charge in [0.15, 0.2) is 0 Å². The molecule has 0 amide bonds. The van der Waals surface area contributed by atoms with E-state index in [9.17, 15) is 0 Å². The Morgan fingerprint density at radius 3 is 3.14 bits per heavy atom. The highest BCUT2D eigenvalue weighted by molar-refractivity contribution is 5.73. The van der Waals surface area contributed by atoms with Crippen LogP contribution in [0.4, 0.5) is 0 Å². The molecule has 0 bridgehead atoms. The first-order valence-corrected chi connectivity index (χ1v) is 4.68. The Morgan fingerprint density at radius 1 is 1.43 bits per heavy atom. The number of hydrogen-bond acceptors (Lipinski definition) is 3. The van der Waals surface area contributed by atoms with E-state index >= 15 is 0 Å². The van der Waals surface area contributed by atoms with Crippen LogP contribution in [0.1, 0.15) is 13.3 Å². The standard InChI is InChI=1S/C10H12N4/c1-2-7-11-8-14-10-6-4-3-5-9(10)12-13-14/h3-7H,2,8H2,1H3/b11-7+. The second-order valence-corrected chi connectivity index (χ2v) is 2.99. The van der Waals surface area contributed by atoms with Crippen molar-refractivity contribution >= 4 is 17.2 Å². The molecule has 0 saturated carbocycles. The number of hydrogen-bond donors (Lipinski definition) is 0. The summed E-state index contributed by atoms with van der Waals surface area (Å²) in [5, 5.41) is 8.06. The van der Waals surface area contributed by atoms with E-state index in [1.807, 2.05) is 30.5 Å². The van der Waals surface area contributed by atoms with Crippen LogP contribution >= 0.6 is 0 Å². The SMILES string of the molecule is CC/C=N/Cn1nnc2ccccc21. The topological polar surface area (TPSA) is 43.1 Å². The highest BCUT2D eigenvalue weighted by atomic mass is 15.4. The van der Waals surface area contributed by atoms with E-state index in [1.165, 1.54) is 0 Å². The summed E-state index contributed by atoms with van der Waals surface area (Å²) in [5.74, 6) is 0. The molecule has 0 atom stereocenters. The number of benzene rings is 1. The molecule has 0 spiro atoms. The van der Waals surface area contributed by atoms with Crippen molar-refractivity contribution in [3.8, 4) is 0 Å². The van der Waals surface area contributed by atoms with Crippen molar-refractivity contribution in [2.45, 2.75) is 20.0 Å². The Balaban J connectivity index is 2.29. The fourth-order valence-corrected chi connectivity index (χ4v) is 1.29. The molecule has 0 unspecified atom stereocenters. The molecular formula is C10H12N4. The zero-order valence-electron chi connectivity index (χ0n) is 8.09. The lowest BCUT2D eigenvalue weighted by Gasteiger charge is -1.95. The Hall–Kier alpha value is -1.71. The van der Waals surface area contributed by atoms with Crippen molar-refractivity contribution in [1.29, 1.82) is 0 Å².